The summed E-state index contributed by atoms with van der Waals surface area (Å²) >= 11 is 6.34. The zero-order valence-electron chi connectivity index (χ0n) is 14.6. The number of hydrogen-bond acceptors (Lipinski definition) is 4. The lowest BCUT2D eigenvalue weighted by molar-refractivity contribution is -0.137. The standard InChI is InChI=1S/C21H16ClN3O2/c1-2-27-21(26)15(13-23)12-16-14-25(17-8-4-3-5-9-17)24-20(16)18-10-6-7-11-19(18)22/h3-12,14H,2H2,1H3/b15-12+. The number of para-hydroxylation sites is 1. The second-order valence-electron chi connectivity index (χ2n) is 5.58. The van der Waals surface area contributed by atoms with Gasteiger partial charge < -0.3 is 4.74 Å². The maximum absolute atomic E-state index is 12.0. The molecular formula is C21H16ClN3O2. The van der Waals surface area contributed by atoms with Crippen LogP contribution >= 0.6 is 11.6 Å². The first kappa shape index (κ1) is 18.4. The van der Waals surface area contributed by atoms with Crippen LogP contribution in [0, 0.1) is 11.3 Å². The molecule has 0 unspecified atom stereocenters. The number of nitrogens with zero attached hydrogens (tertiary/aromatic N) is 3. The quantitative estimate of drug-likeness (QED) is 0.368. The van der Waals surface area contributed by atoms with Gasteiger partial charge in [0.15, 0.2) is 0 Å². The SMILES string of the molecule is CCOC(=O)/C(C#N)=C/c1cn(-c2ccccc2)nc1-c1ccccc1Cl. The van der Waals surface area contributed by atoms with Crippen molar-refractivity contribution in [3.05, 3.63) is 77.0 Å². The molecule has 0 radical (unpaired) electrons. The van der Waals surface area contributed by atoms with Crippen molar-refractivity contribution < 1.29 is 9.53 Å². The summed E-state index contributed by atoms with van der Waals surface area (Å²) in [7, 11) is 0. The molecule has 134 valence electrons. The minimum Gasteiger partial charge on any atom is -0.462 e. The minimum absolute atomic E-state index is 0.0993. The average Bonchev–Trinajstić information content (AvgIpc) is 3.11. The van der Waals surface area contributed by atoms with Crippen LogP contribution < -0.4 is 0 Å². The summed E-state index contributed by atoms with van der Waals surface area (Å²) in [4.78, 5) is 12.0. The number of nitriles is 1. The topological polar surface area (TPSA) is 67.9 Å². The highest BCUT2D eigenvalue weighted by molar-refractivity contribution is 6.33. The first-order chi connectivity index (χ1) is 13.1. The van der Waals surface area contributed by atoms with E-state index >= 15 is 0 Å². The Bertz CT molecular complexity index is 1030. The van der Waals surface area contributed by atoms with Crippen LogP contribution in [-0.2, 0) is 9.53 Å². The Morgan fingerprint density at radius 2 is 1.93 bits per heavy atom. The molecular weight excluding hydrogens is 362 g/mol. The maximum atomic E-state index is 12.0. The number of benzene rings is 2. The zero-order valence-corrected chi connectivity index (χ0v) is 15.3. The lowest BCUT2D eigenvalue weighted by Crippen LogP contribution is -2.06. The van der Waals surface area contributed by atoms with Crippen LogP contribution in [0.2, 0.25) is 5.02 Å². The molecule has 5 nitrogen and oxygen atoms in total. The molecule has 6 heteroatoms. The molecule has 1 aromatic heterocycles. The third-order valence-electron chi connectivity index (χ3n) is 3.81. The van der Waals surface area contributed by atoms with Gasteiger partial charge in [0.1, 0.15) is 17.3 Å². The van der Waals surface area contributed by atoms with Gasteiger partial charge in [-0.3, -0.25) is 0 Å². The fraction of sp³-hybridized carbons (Fsp3) is 0.0952. The van der Waals surface area contributed by atoms with E-state index in [-0.39, 0.29) is 12.2 Å². The third kappa shape index (κ3) is 4.08. The van der Waals surface area contributed by atoms with Crippen LogP contribution in [0.15, 0.2) is 66.4 Å². The van der Waals surface area contributed by atoms with Gasteiger partial charge in [-0.05, 0) is 31.2 Å². The fourth-order valence-electron chi connectivity index (χ4n) is 2.57. The minimum atomic E-state index is -0.669. The van der Waals surface area contributed by atoms with Gasteiger partial charge >= 0.3 is 5.97 Å². The molecule has 27 heavy (non-hydrogen) atoms. The van der Waals surface area contributed by atoms with Gasteiger partial charge in [-0.2, -0.15) is 10.4 Å². The van der Waals surface area contributed by atoms with Crippen molar-refractivity contribution in [1.29, 1.82) is 5.26 Å². The van der Waals surface area contributed by atoms with Crippen LogP contribution in [0.3, 0.4) is 0 Å². The molecule has 0 spiro atoms. The molecule has 3 rings (SSSR count). The number of aromatic nitrogens is 2. The molecule has 0 N–H and O–H groups in total. The third-order valence-corrected chi connectivity index (χ3v) is 4.14. The summed E-state index contributed by atoms with van der Waals surface area (Å²) in [6.07, 6.45) is 3.23. The molecule has 2 aromatic carbocycles. The first-order valence-electron chi connectivity index (χ1n) is 8.33. The van der Waals surface area contributed by atoms with E-state index in [0.29, 0.717) is 21.8 Å². The predicted molar refractivity (Wildman–Crippen MR) is 104 cm³/mol. The van der Waals surface area contributed by atoms with Crippen LogP contribution in [0.25, 0.3) is 23.0 Å². The maximum Gasteiger partial charge on any atom is 0.348 e. The Morgan fingerprint density at radius 3 is 2.59 bits per heavy atom. The second kappa shape index (κ2) is 8.35. The number of carbonyl (C=O) groups is 1. The van der Waals surface area contributed by atoms with E-state index in [1.807, 2.05) is 54.6 Å². The number of ether oxygens (including phenoxy) is 1. The summed E-state index contributed by atoms with van der Waals surface area (Å²) in [6, 6.07) is 18.7. The molecule has 1 heterocycles. The van der Waals surface area contributed by atoms with Gasteiger partial charge in [0.25, 0.3) is 0 Å². The van der Waals surface area contributed by atoms with Crippen LogP contribution in [-0.4, -0.2) is 22.4 Å². The van der Waals surface area contributed by atoms with E-state index in [2.05, 4.69) is 5.10 Å². The Hall–Kier alpha value is -3.36. The van der Waals surface area contributed by atoms with Crippen LogP contribution in [0.5, 0.6) is 0 Å². The van der Waals surface area contributed by atoms with Gasteiger partial charge in [-0.25, -0.2) is 9.48 Å². The van der Waals surface area contributed by atoms with Gasteiger partial charge in [0.05, 0.1) is 17.3 Å². The molecule has 3 aromatic rings. The largest absolute Gasteiger partial charge is 0.462 e. The molecule has 0 atom stereocenters. The van der Waals surface area contributed by atoms with Gasteiger partial charge in [-0.15, -0.1) is 0 Å². The second-order valence-corrected chi connectivity index (χ2v) is 5.99. The Labute approximate surface area is 162 Å². The van der Waals surface area contributed by atoms with Gasteiger partial charge in [0.2, 0.25) is 0 Å². The average molecular weight is 378 g/mol. The highest BCUT2D eigenvalue weighted by Gasteiger charge is 2.17. The van der Waals surface area contributed by atoms with Crippen molar-refractivity contribution >= 4 is 23.6 Å². The summed E-state index contributed by atoms with van der Waals surface area (Å²) in [5.74, 6) is -0.669. The molecule has 0 saturated heterocycles. The molecule has 0 aliphatic rings. The first-order valence-corrected chi connectivity index (χ1v) is 8.70. The van der Waals surface area contributed by atoms with Crippen molar-refractivity contribution in [2.45, 2.75) is 6.92 Å². The highest BCUT2D eigenvalue weighted by atomic mass is 35.5. The molecule has 0 bridgehead atoms. The highest BCUT2D eigenvalue weighted by Crippen LogP contribution is 2.31. The van der Waals surface area contributed by atoms with E-state index in [1.54, 1.807) is 23.9 Å². The molecule has 0 aliphatic carbocycles. The van der Waals surface area contributed by atoms with E-state index in [9.17, 15) is 10.1 Å². The Kier molecular flexibility index (Phi) is 5.70. The van der Waals surface area contributed by atoms with Crippen molar-refractivity contribution in [3.63, 3.8) is 0 Å². The van der Waals surface area contributed by atoms with Crippen molar-refractivity contribution in [1.82, 2.24) is 9.78 Å². The van der Waals surface area contributed by atoms with E-state index in [1.165, 1.54) is 6.08 Å². The Morgan fingerprint density at radius 1 is 1.22 bits per heavy atom. The van der Waals surface area contributed by atoms with E-state index in [4.69, 9.17) is 16.3 Å². The molecule has 0 amide bonds. The fourth-order valence-corrected chi connectivity index (χ4v) is 2.79. The Balaban J connectivity index is 2.17. The summed E-state index contributed by atoms with van der Waals surface area (Å²) in [5.41, 5.74) is 2.62. The smallest absolute Gasteiger partial charge is 0.348 e. The lowest BCUT2D eigenvalue weighted by Gasteiger charge is -2.03. The summed E-state index contributed by atoms with van der Waals surface area (Å²) in [5, 5.41) is 14.5. The summed E-state index contributed by atoms with van der Waals surface area (Å²) < 4.78 is 6.63. The van der Waals surface area contributed by atoms with Gasteiger partial charge in [0, 0.05) is 17.3 Å². The van der Waals surface area contributed by atoms with E-state index < -0.39 is 5.97 Å². The molecule has 0 saturated carbocycles. The number of rotatable bonds is 5. The summed E-state index contributed by atoms with van der Waals surface area (Å²) in [6.45, 7) is 1.88. The van der Waals surface area contributed by atoms with E-state index in [0.717, 1.165) is 5.69 Å². The van der Waals surface area contributed by atoms with Crippen molar-refractivity contribution in [2.75, 3.05) is 6.61 Å². The number of esters is 1. The van der Waals surface area contributed by atoms with Gasteiger partial charge in [-0.1, -0.05) is 48.0 Å². The molecule has 0 aliphatic heterocycles. The molecule has 0 fully saturated rings. The normalized spacial score (nSPS) is 11.1. The number of hydrogen-bond donors (Lipinski definition) is 0. The zero-order chi connectivity index (χ0) is 19.2. The van der Waals surface area contributed by atoms with Crippen molar-refractivity contribution in [3.8, 4) is 23.0 Å². The number of carbonyl (C=O) groups excluding carboxylic acids is 1. The lowest BCUT2D eigenvalue weighted by atomic mass is 10.1. The van der Waals surface area contributed by atoms with Crippen LogP contribution in [0.1, 0.15) is 12.5 Å². The number of halogens is 1. The monoisotopic (exact) mass is 377 g/mol. The van der Waals surface area contributed by atoms with Crippen molar-refractivity contribution in [2.24, 2.45) is 0 Å². The van der Waals surface area contributed by atoms with Crippen LogP contribution in [0.4, 0.5) is 0 Å². The predicted octanol–water partition coefficient (Wildman–Crippen LogP) is 4.66.